The van der Waals surface area contributed by atoms with Crippen molar-refractivity contribution in [3.05, 3.63) is 57.0 Å². The second-order valence-electron chi connectivity index (χ2n) is 4.63. The number of hydrogen-bond acceptors (Lipinski definition) is 2. The van der Waals surface area contributed by atoms with Gasteiger partial charge in [0.15, 0.2) is 0 Å². The van der Waals surface area contributed by atoms with Gasteiger partial charge in [-0.15, -0.1) is 0 Å². The molecule has 0 aliphatic carbocycles. The van der Waals surface area contributed by atoms with Crippen LogP contribution in [0.1, 0.15) is 15.9 Å². The van der Waals surface area contributed by atoms with Gasteiger partial charge in [-0.3, -0.25) is 4.79 Å². The highest BCUT2D eigenvalue weighted by molar-refractivity contribution is 9.10. The summed E-state index contributed by atoms with van der Waals surface area (Å²) in [5.74, 6) is -0.149. The molecule has 1 amide bonds. The SMILES string of the molecule is O=C(Nc1cc(Cl)ccc1Br)c1ccc2c(c1)NCC2. The van der Waals surface area contributed by atoms with E-state index >= 15 is 0 Å². The molecule has 2 N–H and O–H groups in total. The Morgan fingerprint density at radius 2 is 2.10 bits per heavy atom. The molecule has 102 valence electrons. The van der Waals surface area contributed by atoms with Crippen molar-refractivity contribution in [2.45, 2.75) is 6.42 Å². The van der Waals surface area contributed by atoms with Crippen LogP contribution < -0.4 is 10.6 Å². The predicted octanol–water partition coefficient (Wildman–Crippen LogP) is 4.32. The number of hydrogen-bond donors (Lipinski definition) is 2. The highest BCUT2D eigenvalue weighted by Gasteiger charge is 2.14. The van der Waals surface area contributed by atoms with E-state index in [9.17, 15) is 4.79 Å². The molecule has 1 heterocycles. The Kier molecular flexibility index (Phi) is 3.68. The Morgan fingerprint density at radius 1 is 1.25 bits per heavy atom. The van der Waals surface area contributed by atoms with E-state index < -0.39 is 0 Å². The molecule has 0 saturated heterocycles. The fourth-order valence-electron chi connectivity index (χ4n) is 2.22. The number of benzene rings is 2. The summed E-state index contributed by atoms with van der Waals surface area (Å²) >= 11 is 9.34. The molecule has 2 aromatic rings. The van der Waals surface area contributed by atoms with Gasteiger partial charge in [0.1, 0.15) is 0 Å². The monoisotopic (exact) mass is 350 g/mol. The van der Waals surface area contributed by atoms with Crippen molar-refractivity contribution in [2.75, 3.05) is 17.2 Å². The molecule has 0 bridgehead atoms. The zero-order chi connectivity index (χ0) is 14.1. The second-order valence-corrected chi connectivity index (χ2v) is 5.92. The van der Waals surface area contributed by atoms with Gasteiger partial charge in [0.2, 0.25) is 0 Å². The second kappa shape index (κ2) is 5.46. The first-order chi connectivity index (χ1) is 9.63. The van der Waals surface area contributed by atoms with Crippen LogP contribution in [0.4, 0.5) is 11.4 Å². The minimum Gasteiger partial charge on any atom is -0.384 e. The molecule has 0 aromatic heterocycles. The third-order valence-corrected chi connectivity index (χ3v) is 4.19. The molecule has 0 fully saturated rings. The van der Waals surface area contributed by atoms with Crippen LogP contribution in [0.3, 0.4) is 0 Å². The van der Waals surface area contributed by atoms with E-state index in [0.29, 0.717) is 16.3 Å². The summed E-state index contributed by atoms with van der Waals surface area (Å²) in [5.41, 5.74) is 3.59. The lowest BCUT2D eigenvalue weighted by Gasteiger charge is -2.09. The van der Waals surface area contributed by atoms with E-state index in [0.717, 1.165) is 23.1 Å². The Labute approximate surface area is 130 Å². The molecule has 5 heteroatoms. The van der Waals surface area contributed by atoms with Crippen molar-refractivity contribution in [1.82, 2.24) is 0 Å². The summed E-state index contributed by atoms with van der Waals surface area (Å²) in [4.78, 5) is 12.3. The van der Waals surface area contributed by atoms with Crippen molar-refractivity contribution < 1.29 is 4.79 Å². The molecule has 3 rings (SSSR count). The van der Waals surface area contributed by atoms with Crippen molar-refractivity contribution in [3.8, 4) is 0 Å². The number of carbonyl (C=O) groups excluding carboxylic acids is 1. The van der Waals surface area contributed by atoms with Crippen LogP contribution >= 0.6 is 27.5 Å². The molecule has 1 aliphatic heterocycles. The topological polar surface area (TPSA) is 41.1 Å². The Morgan fingerprint density at radius 3 is 2.95 bits per heavy atom. The molecule has 0 radical (unpaired) electrons. The molecule has 0 spiro atoms. The van der Waals surface area contributed by atoms with E-state index in [4.69, 9.17) is 11.6 Å². The maximum Gasteiger partial charge on any atom is 0.255 e. The molecule has 20 heavy (non-hydrogen) atoms. The Balaban J connectivity index is 1.84. The van der Waals surface area contributed by atoms with E-state index in [1.165, 1.54) is 5.56 Å². The lowest BCUT2D eigenvalue weighted by Crippen LogP contribution is -2.12. The van der Waals surface area contributed by atoms with Crippen molar-refractivity contribution in [2.24, 2.45) is 0 Å². The van der Waals surface area contributed by atoms with E-state index in [-0.39, 0.29) is 5.91 Å². The minimum absolute atomic E-state index is 0.149. The molecule has 0 atom stereocenters. The summed E-state index contributed by atoms with van der Waals surface area (Å²) in [6.07, 6.45) is 1.01. The number of nitrogens with one attached hydrogen (secondary N) is 2. The first kappa shape index (κ1) is 13.5. The Hall–Kier alpha value is -1.52. The van der Waals surface area contributed by atoms with Gasteiger partial charge in [0.25, 0.3) is 5.91 Å². The fraction of sp³-hybridized carbons (Fsp3) is 0.133. The van der Waals surface area contributed by atoms with Crippen LogP contribution in [-0.4, -0.2) is 12.5 Å². The van der Waals surface area contributed by atoms with Crippen LogP contribution in [0, 0.1) is 0 Å². The van der Waals surface area contributed by atoms with Crippen LogP contribution in [0.5, 0.6) is 0 Å². The van der Waals surface area contributed by atoms with Gasteiger partial charge in [-0.2, -0.15) is 0 Å². The van der Waals surface area contributed by atoms with Crippen LogP contribution in [0.15, 0.2) is 40.9 Å². The summed E-state index contributed by atoms with van der Waals surface area (Å²) in [5, 5.41) is 6.71. The van der Waals surface area contributed by atoms with Crippen molar-refractivity contribution in [3.63, 3.8) is 0 Å². The summed E-state index contributed by atoms with van der Waals surface area (Å²) in [6.45, 7) is 0.931. The lowest BCUT2D eigenvalue weighted by atomic mass is 10.1. The highest BCUT2D eigenvalue weighted by Crippen LogP contribution is 2.27. The molecular formula is C15H12BrClN2O. The number of carbonyl (C=O) groups is 1. The number of rotatable bonds is 2. The average molecular weight is 352 g/mol. The van der Waals surface area contributed by atoms with Crippen molar-refractivity contribution in [1.29, 1.82) is 0 Å². The summed E-state index contributed by atoms with van der Waals surface area (Å²) < 4.78 is 0.800. The quantitative estimate of drug-likeness (QED) is 0.846. The van der Waals surface area contributed by atoms with Crippen LogP contribution in [0.25, 0.3) is 0 Å². The van der Waals surface area contributed by atoms with Gasteiger partial charge in [-0.1, -0.05) is 17.7 Å². The van der Waals surface area contributed by atoms with Crippen LogP contribution in [-0.2, 0) is 6.42 Å². The number of fused-ring (bicyclic) bond motifs is 1. The van der Waals surface area contributed by atoms with Gasteiger partial charge in [0.05, 0.1) is 5.69 Å². The first-order valence-corrected chi connectivity index (χ1v) is 7.44. The molecule has 0 unspecified atom stereocenters. The largest absolute Gasteiger partial charge is 0.384 e. The molecule has 2 aromatic carbocycles. The lowest BCUT2D eigenvalue weighted by molar-refractivity contribution is 0.102. The van der Waals surface area contributed by atoms with E-state index in [1.807, 2.05) is 24.3 Å². The number of amides is 1. The molecule has 1 aliphatic rings. The normalized spacial score (nSPS) is 12.7. The van der Waals surface area contributed by atoms with Crippen LogP contribution in [0.2, 0.25) is 5.02 Å². The predicted molar refractivity (Wildman–Crippen MR) is 85.7 cm³/mol. The number of halogens is 2. The van der Waals surface area contributed by atoms with E-state index in [1.54, 1.807) is 12.1 Å². The fourth-order valence-corrected chi connectivity index (χ4v) is 2.74. The van der Waals surface area contributed by atoms with Gasteiger partial charge in [-0.05, 0) is 58.2 Å². The maximum absolute atomic E-state index is 12.3. The summed E-state index contributed by atoms with van der Waals surface area (Å²) in [6, 6.07) is 11.0. The molecule has 0 saturated carbocycles. The maximum atomic E-state index is 12.3. The smallest absolute Gasteiger partial charge is 0.255 e. The third kappa shape index (κ3) is 2.67. The number of anilines is 2. The summed E-state index contributed by atoms with van der Waals surface area (Å²) in [7, 11) is 0. The van der Waals surface area contributed by atoms with Gasteiger partial charge >= 0.3 is 0 Å². The third-order valence-electron chi connectivity index (χ3n) is 3.26. The highest BCUT2D eigenvalue weighted by atomic mass is 79.9. The minimum atomic E-state index is -0.149. The zero-order valence-corrected chi connectivity index (χ0v) is 12.9. The van der Waals surface area contributed by atoms with E-state index in [2.05, 4.69) is 26.6 Å². The van der Waals surface area contributed by atoms with Crippen molar-refractivity contribution >= 4 is 44.8 Å². The molecular weight excluding hydrogens is 340 g/mol. The zero-order valence-electron chi connectivity index (χ0n) is 10.5. The Bertz CT molecular complexity index is 688. The van der Waals surface area contributed by atoms with Gasteiger partial charge in [-0.25, -0.2) is 0 Å². The van der Waals surface area contributed by atoms with Gasteiger partial charge < -0.3 is 10.6 Å². The standard InChI is InChI=1S/C15H12BrClN2O/c16-12-4-3-11(17)8-14(12)19-15(20)10-2-1-9-5-6-18-13(9)7-10/h1-4,7-8,18H,5-6H2,(H,19,20). The first-order valence-electron chi connectivity index (χ1n) is 6.27. The van der Waals surface area contributed by atoms with Gasteiger partial charge in [0, 0.05) is 27.3 Å². The average Bonchev–Trinajstić information content (AvgIpc) is 2.90. The molecule has 3 nitrogen and oxygen atoms in total.